The van der Waals surface area contributed by atoms with Crippen LogP contribution in [-0.4, -0.2) is 236 Å². The van der Waals surface area contributed by atoms with Crippen LogP contribution in [0.3, 0.4) is 0 Å². The molecule has 3 unspecified atom stereocenters. The van der Waals surface area contributed by atoms with E-state index in [4.69, 9.17) is 0 Å². The van der Waals surface area contributed by atoms with Crippen molar-refractivity contribution in [3.05, 3.63) is 0 Å². The number of carbonyl (C=O) groups excluding carboxylic acids is 12. The lowest BCUT2D eigenvalue weighted by Gasteiger charge is -2.38. The van der Waals surface area contributed by atoms with Crippen LogP contribution in [-0.2, 0) is 57.5 Å². The van der Waals surface area contributed by atoms with Gasteiger partial charge in [0.15, 0.2) is 0 Å². The molecule has 0 aliphatic rings. The van der Waals surface area contributed by atoms with E-state index in [0.717, 1.165) is 30.6 Å². The van der Waals surface area contributed by atoms with Crippen molar-refractivity contribution in [1.29, 1.82) is 0 Å². The SMILES string of the molecule is CN[C@@H](C)C(=O)N[C@H](C)C(=O)N(C)[C@@H](CC(C)C)C(=O)N(C)[C@@H](CC(C)C)C(=O)N(C)CC(=O)N(C)C(C[C@H](C)CCCCCCNC(C)=O)C(=O)NCC(=O)N(C)C(C)C(=O)N(C)[C@@H](CC(C)C)C(=O)NC(C(=O)N(C)CC=O)C(C)C. The third-order valence-electron chi connectivity index (χ3n) is 15.2. The van der Waals surface area contributed by atoms with Crippen LogP contribution in [0.4, 0.5) is 0 Å². The molecule has 0 rings (SSSR count). The van der Waals surface area contributed by atoms with Gasteiger partial charge in [0, 0.05) is 62.8 Å². The summed E-state index contributed by atoms with van der Waals surface area (Å²) in [6, 6.07) is -7.83. The fraction of sp³-hybridized carbons (Fsp3) is 0.797. The van der Waals surface area contributed by atoms with Gasteiger partial charge in [-0.2, -0.15) is 0 Å². The number of nitrogens with zero attached hydrogens (tertiary/aromatic N) is 7. The molecule has 0 aromatic heterocycles. The smallest absolute Gasteiger partial charge is 0.245 e. The first-order valence-electron chi connectivity index (χ1n) is 29.5. The predicted octanol–water partition coefficient (Wildman–Crippen LogP) is 1.88. The van der Waals surface area contributed by atoms with Crippen LogP contribution in [0.1, 0.15) is 148 Å². The zero-order valence-corrected chi connectivity index (χ0v) is 54.3. The van der Waals surface area contributed by atoms with Gasteiger partial charge in [-0.1, -0.05) is 88.0 Å². The van der Waals surface area contributed by atoms with Crippen molar-refractivity contribution in [1.82, 2.24) is 60.9 Å². The van der Waals surface area contributed by atoms with E-state index in [-0.39, 0.29) is 67.7 Å². The number of hydrogen-bond donors (Lipinski definition) is 5. The summed E-state index contributed by atoms with van der Waals surface area (Å²) in [5.74, 6) is -6.21. The lowest BCUT2D eigenvalue weighted by molar-refractivity contribution is -0.152. The second kappa shape index (κ2) is 37.9. The number of aldehydes is 1. The Bertz CT molecular complexity index is 2160. The summed E-state index contributed by atoms with van der Waals surface area (Å²) in [5, 5.41) is 13.8. The van der Waals surface area contributed by atoms with Gasteiger partial charge in [0.05, 0.1) is 25.7 Å². The van der Waals surface area contributed by atoms with Gasteiger partial charge >= 0.3 is 0 Å². The number of unbranched alkanes of at least 4 members (excludes halogenated alkanes) is 3. The van der Waals surface area contributed by atoms with Crippen molar-refractivity contribution in [3.8, 4) is 0 Å². The van der Waals surface area contributed by atoms with Gasteiger partial charge in [0.1, 0.15) is 48.6 Å². The van der Waals surface area contributed by atoms with Gasteiger partial charge in [-0.3, -0.25) is 52.7 Å². The molecule has 9 atom stereocenters. The quantitative estimate of drug-likeness (QED) is 0.0437. The molecule has 0 bridgehead atoms. The highest BCUT2D eigenvalue weighted by molar-refractivity contribution is 5.97. The first-order chi connectivity index (χ1) is 38.5. The molecule has 24 heteroatoms. The normalized spacial score (nSPS) is 14.6. The number of carbonyl (C=O) groups is 12. The molecule has 0 saturated carbocycles. The first-order valence-corrected chi connectivity index (χ1v) is 29.5. The Morgan fingerprint density at radius 3 is 1.46 bits per heavy atom. The van der Waals surface area contributed by atoms with E-state index in [9.17, 15) is 57.5 Å². The average molecular weight is 1180 g/mol. The maximum Gasteiger partial charge on any atom is 0.245 e. The molecule has 0 heterocycles. The van der Waals surface area contributed by atoms with Crippen molar-refractivity contribution < 1.29 is 57.5 Å². The highest BCUT2D eigenvalue weighted by Gasteiger charge is 2.40. The summed E-state index contributed by atoms with van der Waals surface area (Å²) < 4.78 is 0. The lowest BCUT2D eigenvalue weighted by atomic mass is 9.94. The highest BCUT2D eigenvalue weighted by Crippen LogP contribution is 2.22. The molecule has 0 radical (unpaired) electrons. The number of amides is 11. The molecule has 0 aromatic rings. The van der Waals surface area contributed by atoms with Crippen LogP contribution in [0.25, 0.3) is 0 Å². The molecular formula is C59H108N12O12. The second-order valence-corrected chi connectivity index (χ2v) is 24.3. The third-order valence-corrected chi connectivity index (χ3v) is 15.2. The maximum atomic E-state index is 14.5. The molecule has 0 aliphatic heterocycles. The van der Waals surface area contributed by atoms with Crippen molar-refractivity contribution in [3.63, 3.8) is 0 Å². The summed E-state index contributed by atoms with van der Waals surface area (Å²) in [4.78, 5) is 170. The maximum absolute atomic E-state index is 14.5. The van der Waals surface area contributed by atoms with Gasteiger partial charge in [-0.15, -0.1) is 0 Å². The van der Waals surface area contributed by atoms with Crippen LogP contribution in [0.2, 0.25) is 0 Å². The summed E-state index contributed by atoms with van der Waals surface area (Å²) in [6.45, 7) is 22.3. The monoisotopic (exact) mass is 1180 g/mol. The van der Waals surface area contributed by atoms with Crippen LogP contribution >= 0.6 is 0 Å². The van der Waals surface area contributed by atoms with E-state index in [0.29, 0.717) is 19.3 Å². The number of rotatable bonds is 38. The fourth-order valence-electron chi connectivity index (χ4n) is 9.44. The molecule has 0 aromatic carbocycles. The minimum atomic E-state index is -1.12. The summed E-state index contributed by atoms with van der Waals surface area (Å²) in [5.41, 5.74) is 0. The minimum absolute atomic E-state index is 0.0485. The van der Waals surface area contributed by atoms with Gasteiger partial charge < -0.3 is 65.7 Å². The Balaban J connectivity index is 6.73. The lowest BCUT2D eigenvalue weighted by Crippen LogP contribution is -2.59. The Kier molecular flexibility index (Phi) is 35.1. The van der Waals surface area contributed by atoms with Crippen molar-refractivity contribution in [2.24, 2.45) is 29.6 Å². The van der Waals surface area contributed by atoms with Gasteiger partial charge in [-0.05, 0) is 89.5 Å². The van der Waals surface area contributed by atoms with Crippen LogP contribution in [0.15, 0.2) is 0 Å². The van der Waals surface area contributed by atoms with E-state index in [1.54, 1.807) is 34.7 Å². The second-order valence-electron chi connectivity index (χ2n) is 24.3. The summed E-state index contributed by atoms with van der Waals surface area (Å²) in [7, 11) is 11.8. The summed E-state index contributed by atoms with van der Waals surface area (Å²) >= 11 is 0. The fourth-order valence-corrected chi connectivity index (χ4v) is 9.44. The van der Waals surface area contributed by atoms with E-state index >= 15 is 0 Å². The van der Waals surface area contributed by atoms with Gasteiger partial charge in [0.25, 0.3) is 0 Å². The van der Waals surface area contributed by atoms with Crippen molar-refractivity contribution in [2.45, 2.75) is 196 Å². The Morgan fingerprint density at radius 2 is 0.952 bits per heavy atom. The van der Waals surface area contributed by atoms with E-state index < -0.39 is 120 Å². The molecule has 476 valence electrons. The van der Waals surface area contributed by atoms with E-state index in [1.165, 1.54) is 92.6 Å². The van der Waals surface area contributed by atoms with Gasteiger partial charge in [0.2, 0.25) is 65.0 Å². The molecule has 5 N–H and O–H groups in total. The number of likely N-dealkylation sites (N-methyl/N-ethyl adjacent to an activating group) is 8. The Labute approximate surface area is 496 Å². The molecular weight excluding hydrogens is 1070 g/mol. The third kappa shape index (κ3) is 26.1. The first kappa shape index (κ1) is 76.8. The largest absolute Gasteiger partial charge is 0.356 e. The topological polar surface area (TPSA) is 288 Å². The Hall–Kier alpha value is -6.20. The average Bonchev–Trinajstić information content (AvgIpc) is 3.57. The molecule has 0 aliphatic carbocycles. The number of hydrogen-bond acceptors (Lipinski definition) is 13. The molecule has 24 nitrogen and oxygen atoms in total. The Morgan fingerprint density at radius 1 is 0.458 bits per heavy atom. The summed E-state index contributed by atoms with van der Waals surface area (Å²) in [6.07, 6.45) is 5.50. The zero-order valence-electron chi connectivity index (χ0n) is 54.3. The van der Waals surface area contributed by atoms with E-state index in [2.05, 4.69) is 26.6 Å². The molecule has 0 fully saturated rings. The van der Waals surface area contributed by atoms with E-state index in [1.807, 2.05) is 48.5 Å². The number of nitrogens with one attached hydrogen (secondary N) is 5. The standard InChI is InChI=1S/C59H108N12O12/c1-36(2)30-45(54(78)64-51(39(7)8)59(83)65(15)28-29-72)69(19)56(80)43(12)67(17)49(74)34-62-53(77)46(33-40(9)26-24-22-23-25-27-61-44(13)73)68(18)50(75)35-66(16)57(81)47(31-37(3)4)71(21)58(82)48(32-38(5)6)70(20)55(79)42(11)63-52(76)41(10)60-14/h29,36-43,45-48,51,60H,22-28,30-35H2,1-21H3,(H,61,73)(H,62,77)(H,63,76)(H,64,78)/t40-,41+,42-,43?,45+,46?,47+,48+,51?/m1/s1. The molecule has 0 spiro atoms. The zero-order chi connectivity index (χ0) is 64.3. The predicted molar refractivity (Wildman–Crippen MR) is 320 cm³/mol. The minimum Gasteiger partial charge on any atom is -0.356 e. The van der Waals surface area contributed by atoms with Crippen LogP contribution < -0.4 is 26.6 Å². The van der Waals surface area contributed by atoms with Crippen LogP contribution in [0.5, 0.6) is 0 Å². The van der Waals surface area contributed by atoms with Crippen molar-refractivity contribution in [2.75, 3.05) is 82.6 Å². The molecule has 11 amide bonds. The molecule has 83 heavy (non-hydrogen) atoms. The highest BCUT2D eigenvalue weighted by atomic mass is 16.2. The van der Waals surface area contributed by atoms with Gasteiger partial charge in [-0.25, -0.2) is 0 Å². The molecule has 0 saturated heterocycles. The van der Waals surface area contributed by atoms with Crippen LogP contribution in [0, 0.1) is 29.6 Å². The van der Waals surface area contributed by atoms with Crippen molar-refractivity contribution >= 4 is 71.3 Å².